The molecule has 5 heteroatoms. The van der Waals surface area contributed by atoms with Gasteiger partial charge in [0, 0.05) is 31.7 Å². The summed E-state index contributed by atoms with van der Waals surface area (Å²) in [5.41, 5.74) is 1.36. The third-order valence-corrected chi connectivity index (χ3v) is 4.99. The van der Waals surface area contributed by atoms with Gasteiger partial charge in [0.25, 0.3) is 0 Å². The molecule has 0 bridgehead atoms. The van der Waals surface area contributed by atoms with Gasteiger partial charge in [-0.25, -0.2) is 0 Å². The zero-order valence-electron chi connectivity index (χ0n) is 14.2. The monoisotopic (exact) mass is 341 g/mol. The van der Waals surface area contributed by atoms with Crippen molar-refractivity contribution in [3.63, 3.8) is 0 Å². The molecule has 1 N–H and O–H groups in total. The molecule has 0 unspecified atom stereocenters. The molecule has 25 heavy (non-hydrogen) atoms. The number of nitrogens with one attached hydrogen (secondary N) is 1. The van der Waals surface area contributed by atoms with Gasteiger partial charge >= 0.3 is 0 Å². The Balaban J connectivity index is 1.44. The second-order valence-corrected chi connectivity index (χ2v) is 6.51. The number of furan rings is 1. The highest BCUT2D eigenvalue weighted by Gasteiger charge is 2.35. The van der Waals surface area contributed by atoms with Gasteiger partial charge in [0.05, 0.1) is 6.26 Å². The molecular weight excluding hydrogens is 318 g/mol. The fraction of sp³-hybridized carbons (Fsp3) is 0.400. The van der Waals surface area contributed by atoms with Gasteiger partial charge in [0.2, 0.25) is 6.79 Å². The van der Waals surface area contributed by atoms with Crippen LogP contribution in [0.15, 0.2) is 47.1 Å². The fourth-order valence-electron chi connectivity index (χ4n) is 3.51. The summed E-state index contributed by atoms with van der Waals surface area (Å²) >= 11 is 0. The second-order valence-electron chi connectivity index (χ2n) is 6.51. The van der Waals surface area contributed by atoms with Crippen molar-refractivity contribution < 1.29 is 18.6 Å². The van der Waals surface area contributed by atoms with Crippen molar-refractivity contribution in [2.24, 2.45) is 0 Å². The number of rotatable bonds is 6. The smallest absolute Gasteiger partial charge is 0.231 e. The summed E-state index contributed by atoms with van der Waals surface area (Å²) in [5, 5.41) is 3.57. The molecule has 0 atom stereocenters. The number of fused-ring (bicyclic) bond motifs is 1. The summed E-state index contributed by atoms with van der Waals surface area (Å²) in [7, 11) is 0. The molecule has 2 aromatic rings. The zero-order valence-corrected chi connectivity index (χ0v) is 14.2. The van der Waals surface area contributed by atoms with Crippen molar-refractivity contribution in [3.8, 4) is 11.5 Å². The van der Waals surface area contributed by atoms with E-state index in [1.54, 1.807) is 6.26 Å². The Morgan fingerprint density at radius 1 is 1.08 bits per heavy atom. The van der Waals surface area contributed by atoms with Gasteiger partial charge < -0.3 is 23.9 Å². The van der Waals surface area contributed by atoms with Crippen LogP contribution in [-0.2, 0) is 10.2 Å². The molecule has 132 valence electrons. The Morgan fingerprint density at radius 2 is 1.96 bits per heavy atom. The van der Waals surface area contributed by atoms with Gasteiger partial charge in [0.1, 0.15) is 5.76 Å². The third-order valence-electron chi connectivity index (χ3n) is 4.99. The fourth-order valence-corrected chi connectivity index (χ4v) is 3.51. The number of ether oxygens (including phenoxy) is 3. The van der Waals surface area contributed by atoms with E-state index in [2.05, 4.69) is 23.5 Å². The minimum Gasteiger partial charge on any atom is -0.465 e. The van der Waals surface area contributed by atoms with Crippen LogP contribution in [0.25, 0.3) is 6.08 Å². The van der Waals surface area contributed by atoms with Crippen LogP contribution >= 0.6 is 0 Å². The van der Waals surface area contributed by atoms with E-state index in [1.165, 1.54) is 5.56 Å². The maximum Gasteiger partial charge on any atom is 0.231 e. The van der Waals surface area contributed by atoms with Crippen LogP contribution in [0.2, 0.25) is 0 Å². The SMILES string of the molecule is C(=Cc1ccco1)CNCC1(c2ccc3c(c2)OCO3)CCOCC1. The lowest BCUT2D eigenvalue weighted by molar-refractivity contribution is 0.0501. The summed E-state index contributed by atoms with van der Waals surface area (Å²) in [6, 6.07) is 10.2. The first-order valence-corrected chi connectivity index (χ1v) is 8.74. The summed E-state index contributed by atoms with van der Waals surface area (Å²) in [6.45, 7) is 3.59. The number of hydrogen-bond acceptors (Lipinski definition) is 5. The molecule has 5 nitrogen and oxygen atoms in total. The normalized spacial score (nSPS) is 18.7. The molecule has 1 saturated heterocycles. The van der Waals surface area contributed by atoms with Crippen molar-refractivity contribution >= 4 is 6.08 Å². The van der Waals surface area contributed by atoms with Crippen LogP contribution in [0.4, 0.5) is 0 Å². The molecule has 1 fully saturated rings. The summed E-state index contributed by atoms with van der Waals surface area (Å²) in [5.74, 6) is 2.56. The van der Waals surface area contributed by atoms with Crippen molar-refractivity contribution in [1.29, 1.82) is 0 Å². The lowest BCUT2D eigenvalue weighted by atomic mass is 9.74. The third kappa shape index (κ3) is 3.57. The summed E-state index contributed by atoms with van der Waals surface area (Å²) in [4.78, 5) is 0. The van der Waals surface area contributed by atoms with Crippen LogP contribution in [0.5, 0.6) is 11.5 Å². The Kier molecular flexibility index (Phi) is 4.76. The Labute approximate surface area is 147 Å². The van der Waals surface area contributed by atoms with Crippen molar-refractivity contribution in [2.75, 3.05) is 33.1 Å². The second kappa shape index (κ2) is 7.33. The molecule has 0 aliphatic carbocycles. The molecule has 2 aliphatic heterocycles. The average molecular weight is 341 g/mol. The maximum atomic E-state index is 5.61. The van der Waals surface area contributed by atoms with E-state index in [9.17, 15) is 0 Å². The van der Waals surface area contributed by atoms with Crippen LogP contribution < -0.4 is 14.8 Å². The van der Waals surface area contributed by atoms with Crippen LogP contribution in [0, 0.1) is 0 Å². The zero-order chi connectivity index (χ0) is 17.0. The first-order chi connectivity index (χ1) is 12.4. The molecular formula is C20H23NO4. The van der Waals surface area contributed by atoms with Crippen molar-refractivity contribution in [1.82, 2.24) is 5.32 Å². The lowest BCUT2D eigenvalue weighted by Crippen LogP contribution is -2.42. The van der Waals surface area contributed by atoms with Gasteiger partial charge in [-0.1, -0.05) is 12.1 Å². The minimum absolute atomic E-state index is 0.0672. The van der Waals surface area contributed by atoms with Gasteiger partial charge in [-0.3, -0.25) is 0 Å². The molecule has 4 rings (SSSR count). The van der Waals surface area contributed by atoms with Crippen molar-refractivity contribution in [2.45, 2.75) is 18.3 Å². The molecule has 2 aliphatic rings. The maximum absolute atomic E-state index is 5.61. The number of hydrogen-bond donors (Lipinski definition) is 1. The molecule has 0 amide bonds. The van der Waals surface area contributed by atoms with E-state index in [4.69, 9.17) is 18.6 Å². The van der Waals surface area contributed by atoms with Crippen LogP contribution in [-0.4, -0.2) is 33.1 Å². The van der Waals surface area contributed by atoms with Crippen LogP contribution in [0.1, 0.15) is 24.2 Å². The Hall–Kier alpha value is -2.24. The van der Waals surface area contributed by atoms with Gasteiger partial charge in [0.15, 0.2) is 11.5 Å². The first kappa shape index (κ1) is 16.2. The summed E-state index contributed by atoms with van der Waals surface area (Å²) in [6.07, 6.45) is 7.77. The summed E-state index contributed by atoms with van der Waals surface area (Å²) < 4.78 is 21.9. The van der Waals surface area contributed by atoms with E-state index in [-0.39, 0.29) is 5.41 Å². The topological polar surface area (TPSA) is 52.9 Å². The molecule has 1 aromatic carbocycles. The van der Waals surface area contributed by atoms with E-state index in [0.29, 0.717) is 6.79 Å². The standard InChI is InChI=1S/C20H23NO4/c1(3-17-4-2-10-23-17)9-21-14-20(7-11-22-12-8-20)16-5-6-18-19(13-16)25-15-24-18/h1-6,10,13,21H,7-9,11-12,14-15H2. The molecule has 1 aromatic heterocycles. The highest BCUT2D eigenvalue weighted by molar-refractivity contribution is 5.47. The molecule has 0 saturated carbocycles. The highest BCUT2D eigenvalue weighted by Crippen LogP contribution is 2.40. The van der Waals surface area contributed by atoms with Crippen molar-refractivity contribution in [3.05, 3.63) is 54.0 Å². The van der Waals surface area contributed by atoms with Gasteiger partial charge in [-0.05, 0) is 48.7 Å². The van der Waals surface area contributed by atoms with Gasteiger partial charge in [-0.15, -0.1) is 0 Å². The van der Waals surface area contributed by atoms with E-state index in [1.807, 2.05) is 24.3 Å². The molecule has 0 spiro atoms. The largest absolute Gasteiger partial charge is 0.465 e. The van der Waals surface area contributed by atoms with Crippen LogP contribution in [0.3, 0.4) is 0 Å². The van der Waals surface area contributed by atoms with Gasteiger partial charge in [-0.2, -0.15) is 0 Å². The Bertz CT molecular complexity index is 717. The van der Waals surface area contributed by atoms with E-state index >= 15 is 0 Å². The highest BCUT2D eigenvalue weighted by atomic mass is 16.7. The first-order valence-electron chi connectivity index (χ1n) is 8.74. The minimum atomic E-state index is 0.0672. The predicted octanol–water partition coefficient (Wildman–Crippen LogP) is 3.36. The van der Waals surface area contributed by atoms with E-state index < -0.39 is 0 Å². The average Bonchev–Trinajstić information content (AvgIpc) is 3.33. The Morgan fingerprint density at radius 3 is 2.80 bits per heavy atom. The van der Waals surface area contributed by atoms with E-state index in [0.717, 1.165) is 56.4 Å². The lowest BCUT2D eigenvalue weighted by Gasteiger charge is -2.38. The quantitative estimate of drug-likeness (QED) is 0.817. The number of benzene rings is 1. The molecule has 3 heterocycles. The molecule has 0 radical (unpaired) electrons. The predicted molar refractivity (Wildman–Crippen MR) is 94.9 cm³/mol.